The first-order chi connectivity index (χ1) is 8.70. The highest BCUT2D eigenvalue weighted by atomic mass is 35.5. The molecule has 3 nitrogen and oxygen atoms in total. The third-order valence-electron chi connectivity index (χ3n) is 2.65. The minimum absolute atomic E-state index is 0.0979. The zero-order valence-electron chi connectivity index (χ0n) is 9.86. The maximum Gasteiger partial charge on any atom is 0.0604 e. The van der Waals surface area contributed by atoms with E-state index < -0.39 is 0 Å². The van der Waals surface area contributed by atoms with Gasteiger partial charge in [-0.3, -0.25) is 0 Å². The molecule has 0 atom stereocenters. The molecule has 0 aliphatic rings. The van der Waals surface area contributed by atoms with Crippen molar-refractivity contribution < 1.29 is 5.11 Å². The normalized spacial score (nSPS) is 10.3. The predicted molar refractivity (Wildman–Crippen MR) is 76.9 cm³/mol. The molecular formula is C14H15ClN2O. The molecule has 4 N–H and O–H groups in total. The average Bonchev–Trinajstić information content (AvgIpc) is 2.39. The van der Waals surface area contributed by atoms with E-state index in [1.54, 1.807) is 0 Å². The van der Waals surface area contributed by atoms with Crippen molar-refractivity contribution in [2.24, 2.45) is 0 Å². The van der Waals surface area contributed by atoms with Gasteiger partial charge in [0.1, 0.15) is 0 Å². The zero-order chi connectivity index (χ0) is 13.0. The van der Waals surface area contributed by atoms with E-state index in [2.05, 4.69) is 5.32 Å². The average molecular weight is 263 g/mol. The Balaban J connectivity index is 2.33. The number of nitrogens with one attached hydrogen (secondary N) is 1. The molecule has 94 valence electrons. The second-order valence-corrected chi connectivity index (χ2v) is 4.40. The number of hydrogen-bond acceptors (Lipinski definition) is 3. The van der Waals surface area contributed by atoms with E-state index in [9.17, 15) is 0 Å². The second kappa shape index (κ2) is 5.76. The summed E-state index contributed by atoms with van der Waals surface area (Å²) in [7, 11) is 0. The van der Waals surface area contributed by atoms with Crippen LogP contribution < -0.4 is 11.1 Å². The molecule has 0 amide bonds. The molecule has 0 radical (unpaired) electrons. The van der Waals surface area contributed by atoms with Crippen molar-refractivity contribution in [3.05, 3.63) is 47.5 Å². The maximum absolute atomic E-state index is 8.80. The molecule has 2 rings (SSSR count). The Kier molecular flexibility index (Phi) is 4.07. The van der Waals surface area contributed by atoms with Gasteiger partial charge >= 0.3 is 0 Å². The Morgan fingerprint density at radius 1 is 1.11 bits per heavy atom. The molecule has 0 bridgehead atoms. The molecule has 0 aromatic heterocycles. The van der Waals surface area contributed by atoms with E-state index in [0.717, 1.165) is 16.8 Å². The summed E-state index contributed by atoms with van der Waals surface area (Å²) in [5, 5.41) is 12.6. The van der Waals surface area contributed by atoms with Crippen LogP contribution >= 0.6 is 11.6 Å². The van der Waals surface area contributed by atoms with Gasteiger partial charge in [-0.25, -0.2) is 0 Å². The summed E-state index contributed by atoms with van der Waals surface area (Å²) in [6.45, 7) is 0.616. The number of anilines is 2. The van der Waals surface area contributed by atoms with Gasteiger partial charge < -0.3 is 16.2 Å². The molecule has 0 unspecified atom stereocenters. The van der Waals surface area contributed by atoms with Crippen molar-refractivity contribution in [2.45, 2.75) is 0 Å². The molecule has 2 aromatic rings. The number of nitrogen functional groups attached to an aromatic ring is 1. The Bertz CT molecular complexity index is 526. The van der Waals surface area contributed by atoms with E-state index in [4.69, 9.17) is 22.4 Å². The number of nitrogens with two attached hydrogens (primary N) is 1. The first-order valence-corrected chi connectivity index (χ1v) is 6.08. The molecule has 0 fully saturated rings. The van der Waals surface area contributed by atoms with Crippen molar-refractivity contribution in [1.82, 2.24) is 0 Å². The highest BCUT2D eigenvalue weighted by Crippen LogP contribution is 2.29. The van der Waals surface area contributed by atoms with Crippen LogP contribution in [0.3, 0.4) is 0 Å². The molecule has 0 heterocycles. The van der Waals surface area contributed by atoms with E-state index in [1.807, 2.05) is 42.5 Å². The van der Waals surface area contributed by atoms with Crippen LogP contribution in [-0.2, 0) is 0 Å². The van der Waals surface area contributed by atoms with Crippen LogP contribution in [-0.4, -0.2) is 18.3 Å². The zero-order valence-corrected chi connectivity index (χ0v) is 10.6. The third kappa shape index (κ3) is 2.94. The fourth-order valence-electron chi connectivity index (χ4n) is 1.75. The van der Waals surface area contributed by atoms with Crippen LogP contribution in [0.15, 0.2) is 42.5 Å². The fraction of sp³-hybridized carbons (Fsp3) is 0.143. The van der Waals surface area contributed by atoms with Gasteiger partial charge in [-0.15, -0.1) is 0 Å². The number of benzene rings is 2. The summed E-state index contributed by atoms with van der Waals surface area (Å²) < 4.78 is 0. The van der Waals surface area contributed by atoms with Gasteiger partial charge in [-0.05, 0) is 35.9 Å². The standard InChI is InChI=1S/C14H15ClN2O/c15-11-3-1-10(2-4-11)13-9-12(17-7-8-18)5-6-14(13)16/h1-6,9,17-18H,7-8,16H2. The Morgan fingerprint density at radius 2 is 1.83 bits per heavy atom. The van der Waals surface area contributed by atoms with Gasteiger partial charge in [-0.1, -0.05) is 23.7 Å². The van der Waals surface area contributed by atoms with Gasteiger partial charge in [0.05, 0.1) is 6.61 Å². The molecule has 0 spiro atoms. The highest BCUT2D eigenvalue weighted by Gasteiger charge is 2.04. The SMILES string of the molecule is Nc1ccc(NCCO)cc1-c1ccc(Cl)cc1. The molecule has 0 aliphatic carbocycles. The van der Waals surface area contributed by atoms with Crippen molar-refractivity contribution in [3.8, 4) is 11.1 Å². The van der Waals surface area contributed by atoms with Gasteiger partial charge in [0.15, 0.2) is 0 Å². The lowest BCUT2D eigenvalue weighted by molar-refractivity contribution is 0.311. The number of aliphatic hydroxyl groups is 1. The number of hydrogen-bond donors (Lipinski definition) is 3. The van der Waals surface area contributed by atoms with E-state index in [0.29, 0.717) is 17.3 Å². The van der Waals surface area contributed by atoms with Gasteiger partial charge in [0.2, 0.25) is 0 Å². The van der Waals surface area contributed by atoms with Crippen molar-refractivity contribution in [3.63, 3.8) is 0 Å². The van der Waals surface area contributed by atoms with Crippen LogP contribution in [0.1, 0.15) is 0 Å². The van der Waals surface area contributed by atoms with Gasteiger partial charge in [0, 0.05) is 28.5 Å². The van der Waals surface area contributed by atoms with Crippen LogP contribution in [0.5, 0.6) is 0 Å². The minimum Gasteiger partial charge on any atom is -0.398 e. The number of halogens is 1. The highest BCUT2D eigenvalue weighted by molar-refractivity contribution is 6.30. The van der Waals surface area contributed by atoms with E-state index in [1.165, 1.54) is 0 Å². The molecule has 0 saturated carbocycles. The molecule has 18 heavy (non-hydrogen) atoms. The fourth-order valence-corrected chi connectivity index (χ4v) is 1.87. The first kappa shape index (κ1) is 12.7. The number of rotatable bonds is 4. The first-order valence-electron chi connectivity index (χ1n) is 5.71. The predicted octanol–water partition coefficient (Wildman–Crippen LogP) is 2.99. The van der Waals surface area contributed by atoms with Crippen LogP contribution in [0.25, 0.3) is 11.1 Å². The van der Waals surface area contributed by atoms with Crippen LogP contribution in [0, 0.1) is 0 Å². The summed E-state index contributed by atoms with van der Waals surface area (Å²) in [6.07, 6.45) is 0. The smallest absolute Gasteiger partial charge is 0.0604 e. The lowest BCUT2D eigenvalue weighted by Gasteiger charge is -2.10. The summed E-state index contributed by atoms with van der Waals surface area (Å²) in [6, 6.07) is 13.3. The monoisotopic (exact) mass is 262 g/mol. The second-order valence-electron chi connectivity index (χ2n) is 3.96. The van der Waals surface area contributed by atoms with Crippen LogP contribution in [0.2, 0.25) is 5.02 Å². The van der Waals surface area contributed by atoms with E-state index >= 15 is 0 Å². The quantitative estimate of drug-likeness (QED) is 0.743. The molecule has 4 heteroatoms. The largest absolute Gasteiger partial charge is 0.398 e. The van der Waals surface area contributed by atoms with Crippen molar-refractivity contribution >= 4 is 23.0 Å². The van der Waals surface area contributed by atoms with Gasteiger partial charge in [-0.2, -0.15) is 0 Å². The van der Waals surface area contributed by atoms with Gasteiger partial charge in [0.25, 0.3) is 0 Å². The Labute approximate surface area is 111 Å². The Hall–Kier alpha value is -1.71. The lowest BCUT2D eigenvalue weighted by atomic mass is 10.0. The molecule has 2 aromatic carbocycles. The molecule has 0 saturated heterocycles. The summed E-state index contributed by atoms with van der Waals surface area (Å²) >= 11 is 5.87. The third-order valence-corrected chi connectivity index (χ3v) is 2.90. The minimum atomic E-state index is 0.0979. The van der Waals surface area contributed by atoms with Crippen LogP contribution in [0.4, 0.5) is 11.4 Å². The number of aliphatic hydroxyl groups excluding tert-OH is 1. The summed E-state index contributed by atoms with van der Waals surface area (Å²) in [4.78, 5) is 0. The Morgan fingerprint density at radius 3 is 2.50 bits per heavy atom. The van der Waals surface area contributed by atoms with Crippen molar-refractivity contribution in [2.75, 3.05) is 24.2 Å². The maximum atomic E-state index is 8.80. The summed E-state index contributed by atoms with van der Waals surface area (Å²) in [5.74, 6) is 0. The lowest BCUT2D eigenvalue weighted by Crippen LogP contribution is -2.05. The molecule has 0 aliphatic heterocycles. The van der Waals surface area contributed by atoms with E-state index in [-0.39, 0.29) is 6.61 Å². The molecular weight excluding hydrogens is 248 g/mol. The van der Waals surface area contributed by atoms with Crippen molar-refractivity contribution in [1.29, 1.82) is 0 Å². The summed E-state index contributed by atoms with van der Waals surface area (Å²) in [5.41, 5.74) is 9.60. The topological polar surface area (TPSA) is 58.3 Å².